The first-order valence-electron chi connectivity index (χ1n) is 6.56. The molecule has 6 nitrogen and oxygen atoms in total. The van der Waals surface area contributed by atoms with Crippen molar-refractivity contribution in [2.75, 3.05) is 33.1 Å². The number of hydrogen-bond donors (Lipinski definition) is 1. The van der Waals surface area contributed by atoms with Gasteiger partial charge in [0.15, 0.2) is 11.6 Å². The average Bonchev–Trinajstić information content (AvgIpc) is 2.47. The highest BCUT2D eigenvalue weighted by molar-refractivity contribution is 7.89. The quantitative estimate of drug-likeness (QED) is 0.844. The molecule has 0 saturated carbocycles. The summed E-state index contributed by atoms with van der Waals surface area (Å²) in [4.78, 5) is -0.174. The lowest BCUT2D eigenvalue weighted by atomic mass is 10.1. The van der Waals surface area contributed by atoms with E-state index in [-0.39, 0.29) is 22.4 Å². The number of nitrogens with zero attached hydrogens (tertiary/aromatic N) is 1. The Morgan fingerprint density at radius 1 is 1.38 bits per heavy atom. The zero-order valence-corrected chi connectivity index (χ0v) is 12.8. The first-order chi connectivity index (χ1) is 9.87. The summed E-state index contributed by atoms with van der Waals surface area (Å²) >= 11 is 0. The number of anilines is 1. The lowest BCUT2D eigenvalue weighted by Gasteiger charge is -2.30. The summed E-state index contributed by atoms with van der Waals surface area (Å²) in [6, 6.07) is 1.99. The number of methoxy groups -OCH3 is 1. The predicted molar refractivity (Wildman–Crippen MR) is 76.2 cm³/mol. The van der Waals surface area contributed by atoms with Crippen LogP contribution in [0.5, 0.6) is 5.75 Å². The topological polar surface area (TPSA) is 81.9 Å². The van der Waals surface area contributed by atoms with E-state index in [1.807, 2.05) is 0 Å². The van der Waals surface area contributed by atoms with E-state index in [4.69, 9.17) is 15.2 Å². The Kier molecular flexibility index (Phi) is 4.70. The molecule has 1 aromatic rings. The minimum atomic E-state index is -3.81. The van der Waals surface area contributed by atoms with E-state index in [9.17, 15) is 12.8 Å². The summed E-state index contributed by atoms with van der Waals surface area (Å²) in [5.74, 6) is -0.945. The monoisotopic (exact) mass is 318 g/mol. The first kappa shape index (κ1) is 16.0. The first-order valence-corrected chi connectivity index (χ1v) is 8.00. The molecule has 1 heterocycles. The fraction of sp³-hybridized carbons (Fsp3) is 0.538. The van der Waals surface area contributed by atoms with Gasteiger partial charge in [0, 0.05) is 26.3 Å². The molecule has 21 heavy (non-hydrogen) atoms. The summed E-state index contributed by atoms with van der Waals surface area (Å²) in [5.41, 5.74) is 5.60. The van der Waals surface area contributed by atoms with Gasteiger partial charge in [0.05, 0.1) is 17.7 Å². The van der Waals surface area contributed by atoms with E-state index in [2.05, 4.69) is 0 Å². The van der Waals surface area contributed by atoms with Crippen molar-refractivity contribution in [3.05, 3.63) is 17.9 Å². The molecule has 8 heteroatoms. The molecule has 2 N–H and O–H groups in total. The molecule has 0 aliphatic carbocycles. The van der Waals surface area contributed by atoms with Crippen LogP contribution in [0.2, 0.25) is 0 Å². The molecule has 118 valence electrons. The Labute approximate surface area is 123 Å². The SMILES string of the molecule is COc1c(N)cc(S(=O)(=O)N(C)C2CCOCC2)cc1F. The minimum absolute atomic E-state index is 0.0450. The van der Waals surface area contributed by atoms with Crippen molar-refractivity contribution in [3.8, 4) is 5.75 Å². The maximum absolute atomic E-state index is 13.8. The van der Waals surface area contributed by atoms with E-state index < -0.39 is 15.8 Å². The maximum Gasteiger partial charge on any atom is 0.243 e. The van der Waals surface area contributed by atoms with Crippen LogP contribution in [0.25, 0.3) is 0 Å². The summed E-state index contributed by atoms with van der Waals surface area (Å²) in [6.45, 7) is 1.03. The molecule has 1 fully saturated rings. The van der Waals surface area contributed by atoms with Crippen LogP contribution in [0.3, 0.4) is 0 Å². The highest BCUT2D eigenvalue weighted by Gasteiger charge is 2.30. The molecule has 2 rings (SSSR count). The van der Waals surface area contributed by atoms with Crippen molar-refractivity contribution in [1.82, 2.24) is 4.31 Å². The van der Waals surface area contributed by atoms with Gasteiger partial charge in [0.25, 0.3) is 0 Å². The van der Waals surface area contributed by atoms with E-state index in [1.54, 1.807) is 0 Å². The van der Waals surface area contributed by atoms with Crippen LogP contribution in [-0.2, 0) is 14.8 Å². The third-order valence-corrected chi connectivity index (χ3v) is 5.52. The standard InChI is InChI=1S/C13H19FN2O4S/c1-16(9-3-5-20-6-4-9)21(17,18)10-7-11(14)13(19-2)12(15)8-10/h7-9H,3-6,15H2,1-2H3. The Bertz CT molecular complexity index is 592. The second-order valence-electron chi connectivity index (χ2n) is 4.89. The third-order valence-electron chi connectivity index (χ3n) is 3.63. The maximum atomic E-state index is 13.8. The Balaban J connectivity index is 2.34. The molecule has 1 aliphatic rings. The van der Waals surface area contributed by atoms with Gasteiger partial charge in [-0.1, -0.05) is 0 Å². The molecule has 1 saturated heterocycles. The fourth-order valence-corrected chi connectivity index (χ4v) is 3.83. The molecule has 1 aromatic carbocycles. The number of ether oxygens (including phenoxy) is 2. The minimum Gasteiger partial charge on any atom is -0.492 e. The van der Waals surface area contributed by atoms with Gasteiger partial charge >= 0.3 is 0 Å². The highest BCUT2D eigenvalue weighted by Crippen LogP contribution is 2.30. The van der Waals surface area contributed by atoms with Gasteiger partial charge in [-0.3, -0.25) is 0 Å². The smallest absolute Gasteiger partial charge is 0.243 e. The van der Waals surface area contributed by atoms with Crippen molar-refractivity contribution >= 4 is 15.7 Å². The van der Waals surface area contributed by atoms with Crippen LogP contribution >= 0.6 is 0 Å². The Morgan fingerprint density at radius 2 is 2.00 bits per heavy atom. The van der Waals surface area contributed by atoms with Gasteiger partial charge < -0.3 is 15.2 Å². The van der Waals surface area contributed by atoms with Crippen molar-refractivity contribution in [2.24, 2.45) is 0 Å². The number of rotatable bonds is 4. The Hall–Kier alpha value is -1.38. The van der Waals surface area contributed by atoms with Crippen LogP contribution in [-0.4, -0.2) is 46.1 Å². The molecule has 0 spiro atoms. The third kappa shape index (κ3) is 3.12. The largest absolute Gasteiger partial charge is 0.492 e. The van der Waals surface area contributed by atoms with Crippen molar-refractivity contribution < 1.29 is 22.3 Å². The highest BCUT2D eigenvalue weighted by atomic mass is 32.2. The predicted octanol–water partition coefficient (Wildman–Crippen LogP) is 1.22. The zero-order valence-electron chi connectivity index (χ0n) is 12.0. The molecule has 0 unspecified atom stereocenters. The summed E-state index contributed by atoms with van der Waals surface area (Å²) < 4.78 is 50.2. The van der Waals surface area contributed by atoms with Gasteiger partial charge in [-0.25, -0.2) is 12.8 Å². The molecular weight excluding hydrogens is 299 g/mol. The zero-order chi connectivity index (χ0) is 15.6. The van der Waals surface area contributed by atoms with E-state index >= 15 is 0 Å². The van der Waals surface area contributed by atoms with Gasteiger partial charge in [-0.15, -0.1) is 0 Å². The summed E-state index contributed by atoms with van der Waals surface area (Å²) in [6.07, 6.45) is 1.23. The van der Waals surface area contributed by atoms with Gasteiger partial charge in [0.2, 0.25) is 10.0 Å². The number of nitrogen functional groups attached to an aromatic ring is 1. The van der Waals surface area contributed by atoms with Crippen molar-refractivity contribution in [2.45, 2.75) is 23.8 Å². The molecule has 0 bridgehead atoms. The number of hydrogen-bond acceptors (Lipinski definition) is 5. The van der Waals surface area contributed by atoms with Crippen LogP contribution < -0.4 is 10.5 Å². The molecule has 0 atom stereocenters. The normalized spacial score (nSPS) is 17.1. The van der Waals surface area contributed by atoms with E-state index in [1.165, 1.54) is 24.5 Å². The number of sulfonamides is 1. The van der Waals surface area contributed by atoms with Crippen LogP contribution in [0, 0.1) is 5.82 Å². The molecule has 0 aromatic heterocycles. The summed E-state index contributed by atoms with van der Waals surface area (Å²) in [7, 11) is -1.04. The van der Waals surface area contributed by atoms with Crippen molar-refractivity contribution in [1.29, 1.82) is 0 Å². The van der Waals surface area contributed by atoms with Gasteiger partial charge in [-0.05, 0) is 25.0 Å². The molecule has 1 aliphatic heterocycles. The van der Waals surface area contributed by atoms with Gasteiger partial charge in [0.1, 0.15) is 0 Å². The molecule has 0 radical (unpaired) electrons. The number of halogens is 1. The number of nitrogens with two attached hydrogens (primary N) is 1. The van der Waals surface area contributed by atoms with Gasteiger partial charge in [-0.2, -0.15) is 4.31 Å². The second-order valence-corrected chi connectivity index (χ2v) is 6.89. The lowest BCUT2D eigenvalue weighted by molar-refractivity contribution is 0.0632. The van der Waals surface area contributed by atoms with Crippen molar-refractivity contribution in [3.63, 3.8) is 0 Å². The molecule has 0 amide bonds. The summed E-state index contributed by atoms with van der Waals surface area (Å²) in [5, 5.41) is 0. The van der Waals surface area contributed by atoms with Crippen LogP contribution in [0.1, 0.15) is 12.8 Å². The average molecular weight is 318 g/mol. The molecular formula is C13H19FN2O4S. The van der Waals surface area contributed by atoms with Crippen LogP contribution in [0.15, 0.2) is 17.0 Å². The van der Waals surface area contributed by atoms with E-state index in [0.717, 1.165) is 6.07 Å². The van der Waals surface area contributed by atoms with E-state index in [0.29, 0.717) is 26.1 Å². The Morgan fingerprint density at radius 3 is 2.52 bits per heavy atom. The lowest BCUT2D eigenvalue weighted by Crippen LogP contribution is -2.40. The number of benzene rings is 1. The second kappa shape index (κ2) is 6.17. The fourth-order valence-electron chi connectivity index (χ4n) is 2.36. The van der Waals surface area contributed by atoms with Crippen LogP contribution in [0.4, 0.5) is 10.1 Å².